The summed E-state index contributed by atoms with van der Waals surface area (Å²) in [6.45, 7) is 18.5. The third kappa shape index (κ3) is 10.4. The number of hydrogen-bond donors (Lipinski definition) is 0. The summed E-state index contributed by atoms with van der Waals surface area (Å²) in [4.78, 5) is 43.2. The van der Waals surface area contributed by atoms with E-state index in [4.69, 9.17) is 18.7 Å². The van der Waals surface area contributed by atoms with Gasteiger partial charge >= 0.3 is 18.2 Å². The minimum Gasteiger partial charge on any atom is -0.459 e. The van der Waals surface area contributed by atoms with E-state index in [2.05, 4.69) is 4.90 Å². The van der Waals surface area contributed by atoms with Crippen LogP contribution in [0.4, 0.5) is 9.59 Å². The zero-order valence-corrected chi connectivity index (χ0v) is 28.0. The van der Waals surface area contributed by atoms with Crippen LogP contribution in [0.2, 0.25) is 0 Å². The molecule has 1 saturated heterocycles. The average molecular weight is 611 g/mol. The zero-order valence-electron chi connectivity index (χ0n) is 27.2. The van der Waals surface area contributed by atoms with Gasteiger partial charge in [-0.2, -0.15) is 0 Å². The molecule has 238 valence electrons. The van der Waals surface area contributed by atoms with Crippen molar-refractivity contribution in [1.29, 1.82) is 0 Å². The summed E-state index contributed by atoms with van der Waals surface area (Å²) in [7, 11) is -3.58. The lowest BCUT2D eigenvalue weighted by Gasteiger charge is -2.46. The normalized spacial score (nSPS) is 21.9. The number of amides is 2. The molecule has 0 spiro atoms. The standard InChI is InChI=1S/C31H51N2O8P/c1-11-38-42(37)21-20-32(22-24-16-13-12-14-17-24)23-31(42,25(34)39-28(2,3)4)18-15-19-33(26(35)40-29(5,6)7)27(36)41-30(8,9)10/h12-14,16-17H,11,15,18-23H2,1-10H3. The molecule has 0 saturated carbocycles. The monoisotopic (exact) mass is 610 g/mol. The maximum Gasteiger partial charge on any atom is 0.419 e. The van der Waals surface area contributed by atoms with Crippen LogP contribution in [-0.2, 0) is 34.6 Å². The van der Waals surface area contributed by atoms with Crippen molar-refractivity contribution in [1.82, 2.24) is 9.80 Å². The second-order valence-electron chi connectivity index (χ2n) is 13.8. The molecule has 0 bridgehead atoms. The summed E-state index contributed by atoms with van der Waals surface area (Å²) >= 11 is 0. The van der Waals surface area contributed by atoms with Crippen LogP contribution < -0.4 is 0 Å². The predicted molar refractivity (Wildman–Crippen MR) is 163 cm³/mol. The van der Waals surface area contributed by atoms with Gasteiger partial charge in [0.05, 0.1) is 6.61 Å². The summed E-state index contributed by atoms with van der Waals surface area (Å²) in [6, 6.07) is 9.85. The molecular formula is C31H51N2O8P. The van der Waals surface area contributed by atoms with Crippen molar-refractivity contribution >= 4 is 25.5 Å². The van der Waals surface area contributed by atoms with Gasteiger partial charge in [0.15, 0.2) is 5.16 Å². The fourth-order valence-electron chi connectivity index (χ4n) is 4.77. The SMILES string of the molecule is CCOP1(=O)CCN(Cc2ccccc2)CC1(CCCN(C(=O)OC(C)(C)C)C(=O)OC(C)(C)C)C(=O)OC(C)(C)C. The largest absolute Gasteiger partial charge is 0.459 e. The molecule has 0 N–H and O–H groups in total. The highest BCUT2D eigenvalue weighted by molar-refractivity contribution is 7.62. The van der Waals surface area contributed by atoms with Gasteiger partial charge in [0.1, 0.15) is 16.8 Å². The van der Waals surface area contributed by atoms with Crippen LogP contribution in [0.3, 0.4) is 0 Å². The molecular weight excluding hydrogens is 559 g/mol. The smallest absolute Gasteiger partial charge is 0.419 e. The van der Waals surface area contributed by atoms with Crippen molar-refractivity contribution in [3.8, 4) is 0 Å². The van der Waals surface area contributed by atoms with E-state index in [0.29, 0.717) is 13.1 Å². The summed E-state index contributed by atoms with van der Waals surface area (Å²) in [5.74, 6) is -0.606. The fraction of sp³-hybridized carbons (Fsp3) is 0.710. The van der Waals surface area contributed by atoms with Gasteiger partial charge < -0.3 is 18.7 Å². The van der Waals surface area contributed by atoms with E-state index in [9.17, 15) is 18.9 Å². The molecule has 1 aromatic carbocycles. The quantitative estimate of drug-likeness (QED) is 0.168. The lowest BCUT2D eigenvalue weighted by molar-refractivity contribution is -0.160. The number of hydrogen-bond acceptors (Lipinski definition) is 9. The van der Waals surface area contributed by atoms with Crippen LogP contribution in [0.1, 0.15) is 87.6 Å². The first-order valence-corrected chi connectivity index (χ1v) is 16.5. The molecule has 2 unspecified atom stereocenters. The summed E-state index contributed by atoms with van der Waals surface area (Å²) in [6.07, 6.45) is -1.33. The third-order valence-electron chi connectivity index (χ3n) is 6.41. The molecule has 1 fully saturated rings. The Labute approximate surface area is 251 Å². The van der Waals surface area contributed by atoms with Crippen molar-refractivity contribution < 1.29 is 37.7 Å². The molecule has 10 nitrogen and oxygen atoms in total. The predicted octanol–water partition coefficient (Wildman–Crippen LogP) is 6.85. The van der Waals surface area contributed by atoms with Crippen LogP contribution in [0, 0.1) is 0 Å². The Hall–Kier alpha value is -2.42. The lowest BCUT2D eigenvalue weighted by Crippen LogP contribution is -2.56. The molecule has 2 rings (SSSR count). The van der Waals surface area contributed by atoms with Gasteiger partial charge in [-0.3, -0.25) is 14.3 Å². The summed E-state index contributed by atoms with van der Waals surface area (Å²) < 4.78 is 37.4. The first-order chi connectivity index (χ1) is 19.2. The van der Waals surface area contributed by atoms with Gasteiger partial charge in [0.25, 0.3) is 0 Å². The first-order valence-electron chi connectivity index (χ1n) is 14.7. The number of esters is 1. The van der Waals surface area contributed by atoms with E-state index >= 15 is 0 Å². The maximum absolute atomic E-state index is 14.6. The Morgan fingerprint density at radius 3 is 1.88 bits per heavy atom. The summed E-state index contributed by atoms with van der Waals surface area (Å²) in [5.41, 5.74) is -1.46. The van der Waals surface area contributed by atoms with E-state index in [0.717, 1.165) is 10.5 Å². The minimum absolute atomic E-state index is 0.0621. The number of carbonyl (C=O) groups excluding carboxylic acids is 3. The average Bonchev–Trinajstić information content (AvgIpc) is 2.81. The van der Waals surface area contributed by atoms with E-state index in [1.165, 1.54) is 0 Å². The van der Waals surface area contributed by atoms with E-state index < -0.39 is 47.5 Å². The molecule has 11 heteroatoms. The van der Waals surface area contributed by atoms with Gasteiger partial charge in [0.2, 0.25) is 7.37 Å². The van der Waals surface area contributed by atoms with Crippen molar-refractivity contribution in [2.45, 2.75) is 111 Å². The number of benzene rings is 1. The maximum atomic E-state index is 14.6. The van der Waals surface area contributed by atoms with Gasteiger partial charge in [-0.05, 0) is 87.6 Å². The number of imide groups is 1. The Morgan fingerprint density at radius 1 is 0.881 bits per heavy atom. The van der Waals surface area contributed by atoms with Crippen LogP contribution in [0.25, 0.3) is 0 Å². The molecule has 1 aliphatic rings. The highest BCUT2D eigenvalue weighted by atomic mass is 31.2. The van der Waals surface area contributed by atoms with Crippen molar-refractivity contribution in [3.05, 3.63) is 35.9 Å². The number of rotatable bonds is 9. The molecule has 2 amide bonds. The van der Waals surface area contributed by atoms with Gasteiger partial charge in [-0.25, -0.2) is 14.5 Å². The lowest BCUT2D eigenvalue weighted by atomic mass is 9.99. The molecule has 1 aliphatic heterocycles. The van der Waals surface area contributed by atoms with Crippen LogP contribution in [0.5, 0.6) is 0 Å². The minimum atomic E-state index is -3.58. The van der Waals surface area contributed by atoms with Crippen LogP contribution in [0.15, 0.2) is 30.3 Å². The topological polar surface area (TPSA) is 112 Å². The molecule has 1 heterocycles. The zero-order chi connectivity index (χ0) is 32.0. The van der Waals surface area contributed by atoms with E-state index in [1.54, 1.807) is 69.2 Å². The van der Waals surface area contributed by atoms with Crippen LogP contribution >= 0.6 is 7.37 Å². The third-order valence-corrected chi connectivity index (χ3v) is 9.73. The molecule has 0 radical (unpaired) electrons. The van der Waals surface area contributed by atoms with Gasteiger partial charge in [-0.1, -0.05) is 30.3 Å². The fourth-order valence-corrected chi connectivity index (χ4v) is 7.77. The van der Waals surface area contributed by atoms with E-state index in [-0.39, 0.29) is 38.7 Å². The first kappa shape index (κ1) is 35.8. The van der Waals surface area contributed by atoms with Gasteiger partial charge in [-0.15, -0.1) is 0 Å². The summed E-state index contributed by atoms with van der Waals surface area (Å²) in [5, 5.41) is -1.50. The highest BCUT2D eigenvalue weighted by Crippen LogP contribution is 2.63. The Kier molecular flexibility index (Phi) is 11.9. The van der Waals surface area contributed by atoms with Crippen LogP contribution in [-0.4, -0.2) is 82.3 Å². The highest BCUT2D eigenvalue weighted by Gasteiger charge is 2.59. The number of nitrogens with zero attached hydrogens (tertiary/aromatic N) is 2. The number of ether oxygens (including phenoxy) is 3. The van der Waals surface area contributed by atoms with Crippen molar-refractivity contribution in [3.63, 3.8) is 0 Å². The number of carbonyl (C=O) groups is 3. The Morgan fingerprint density at radius 2 is 1.40 bits per heavy atom. The second kappa shape index (κ2) is 13.9. The van der Waals surface area contributed by atoms with Crippen molar-refractivity contribution in [2.75, 3.05) is 32.4 Å². The molecule has 1 aromatic rings. The Bertz CT molecular complexity index is 1090. The van der Waals surface area contributed by atoms with Crippen molar-refractivity contribution in [2.24, 2.45) is 0 Å². The molecule has 0 aromatic heterocycles. The van der Waals surface area contributed by atoms with Gasteiger partial charge in [0, 0.05) is 32.3 Å². The molecule has 2 atom stereocenters. The Balaban J connectivity index is 2.46. The molecule has 0 aliphatic carbocycles. The molecule has 42 heavy (non-hydrogen) atoms. The second-order valence-corrected chi connectivity index (χ2v) is 16.7. The van der Waals surface area contributed by atoms with E-state index in [1.807, 2.05) is 30.3 Å².